The van der Waals surface area contributed by atoms with Crippen molar-refractivity contribution in [1.82, 2.24) is 4.47 Å². The van der Waals surface area contributed by atoms with Crippen LogP contribution < -0.4 is 10.0 Å². The number of hydrogen-bond donors (Lipinski definition) is 2. The van der Waals surface area contributed by atoms with Gasteiger partial charge in [0.1, 0.15) is 0 Å². The van der Waals surface area contributed by atoms with Gasteiger partial charge in [0, 0.05) is 34.8 Å². The van der Waals surface area contributed by atoms with Gasteiger partial charge in [0.05, 0.1) is 16.9 Å². The smallest absolute Gasteiger partial charge is 0.264 e. The summed E-state index contributed by atoms with van der Waals surface area (Å²) in [6.07, 6.45) is 0. The van der Waals surface area contributed by atoms with Crippen molar-refractivity contribution in [2.75, 3.05) is 24.2 Å². The number of hydrogen-bond acceptors (Lipinski definition) is 6. The van der Waals surface area contributed by atoms with Gasteiger partial charge in [-0.3, -0.25) is 14.4 Å². The SMILES string of the molecule is CON(C)S(=O)(=O)c1ccc(NS(=O)(=O)c2ccc3c4c(cccc24)C(=O)N3)cc1. The molecule has 3 aromatic carbocycles. The van der Waals surface area contributed by atoms with E-state index in [0.29, 0.717) is 26.5 Å². The van der Waals surface area contributed by atoms with E-state index >= 15 is 0 Å². The topological polar surface area (TPSA) is 122 Å². The lowest BCUT2D eigenvalue weighted by Crippen LogP contribution is -2.25. The van der Waals surface area contributed by atoms with E-state index in [2.05, 4.69) is 10.0 Å². The molecule has 0 unspecified atom stereocenters. The molecular weight excluding hydrogens is 430 g/mol. The molecular formula is C19H17N3O6S2. The first-order chi connectivity index (χ1) is 14.1. The number of carbonyl (C=O) groups excluding carboxylic acids is 1. The summed E-state index contributed by atoms with van der Waals surface area (Å²) in [6.45, 7) is 0. The van der Waals surface area contributed by atoms with Crippen LogP contribution in [-0.2, 0) is 24.9 Å². The summed E-state index contributed by atoms with van der Waals surface area (Å²) >= 11 is 0. The van der Waals surface area contributed by atoms with Crippen molar-refractivity contribution in [2.45, 2.75) is 9.79 Å². The van der Waals surface area contributed by atoms with Crippen molar-refractivity contribution < 1.29 is 26.5 Å². The Kier molecular flexibility index (Phi) is 4.77. The molecule has 0 aliphatic carbocycles. The highest BCUT2D eigenvalue weighted by Gasteiger charge is 2.26. The first-order valence-electron chi connectivity index (χ1n) is 8.68. The third-order valence-electron chi connectivity index (χ3n) is 4.78. The van der Waals surface area contributed by atoms with Crippen LogP contribution in [0.15, 0.2) is 64.4 Å². The molecule has 4 rings (SSSR count). The number of amides is 1. The monoisotopic (exact) mass is 447 g/mol. The molecule has 0 saturated carbocycles. The van der Waals surface area contributed by atoms with Crippen molar-refractivity contribution >= 4 is 48.1 Å². The van der Waals surface area contributed by atoms with Crippen LogP contribution in [0.3, 0.4) is 0 Å². The van der Waals surface area contributed by atoms with Crippen LogP contribution in [0.5, 0.6) is 0 Å². The minimum Gasteiger partial charge on any atom is -0.321 e. The molecule has 0 bridgehead atoms. The maximum absolute atomic E-state index is 13.0. The van der Waals surface area contributed by atoms with E-state index in [4.69, 9.17) is 4.84 Å². The van der Waals surface area contributed by atoms with Crippen molar-refractivity contribution in [2.24, 2.45) is 0 Å². The third kappa shape index (κ3) is 3.21. The molecule has 0 aromatic heterocycles. The maximum atomic E-state index is 13.0. The van der Waals surface area contributed by atoms with Crippen LogP contribution in [-0.4, -0.2) is 41.4 Å². The highest BCUT2D eigenvalue weighted by molar-refractivity contribution is 7.93. The average molecular weight is 447 g/mol. The van der Waals surface area contributed by atoms with E-state index in [1.807, 2.05) is 0 Å². The summed E-state index contributed by atoms with van der Waals surface area (Å²) in [5.41, 5.74) is 1.16. The number of anilines is 2. The number of carbonyl (C=O) groups is 1. The fourth-order valence-electron chi connectivity index (χ4n) is 3.25. The second kappa shape index (κ2) is 7.06. The van der Waals surface area contributed by atoms with Gasteiger partial charge in [-0.05, 0) is 42.5 Å². The van der Waals surface area contributed by atoms with E-state index < -0.39 is 20.0 Å². The van der Waals surface area contributed by atoms with E-state index in [0.717, 1.165) is 0 Å². The number of nitrogens with zero attached hydrogens (tertiary/aromatic N) is 1. The molecule has 0 fully saturated rings. The molecule has 9 nitrogen and oxygen atoms in total. The third-order valence-corrected chi connectivity index (χ3v) is 7.92. The summed E-state index contributed by atoms with van der Waals surface area (Å²) in [7, 11) is -5.37. The summed E-state index contributed by atoms with van der Waals surface area (Å²) < 4.78 is 53.7. The van der Waals surface area contributed by atoms with Crippen molar-refractivity contribution in [3.05, 3.63) is 60.2 Å². The molecule has 2 N–H and O–H groups in total. The molecule has 11 heteroatoms. The molecule has 0 spiro atoms. The van der Waals surface area contributed by atoms with Gasteiger partial charge in [-0.1, -0.05) is 16.6 Å². The van der Waals surface area contributed by atoms with Crippen LogP contribution in [0, 0.1) is 0 Å². The Morgan fingerprint density at radius 1 is 0.967 bits per heavy atom. The van der Waals surface area contributed by atoms with Crippen molar-refractivity contribution in [1.29, 1.82) is 0 Å². The normalized spacial score (nSPS) is 13.6. The zero-order valence-electron chi connectivity index (χ0n) is 15.9. The van der Waals surface area contributed by atoms with Crippen LogP contribution >= 0.6 is 0 Å². The Morgan fingerprint density at radius 3 is 2.33 bits per heavy atom. The van der Waals surface area contributed by atoms with E-state index in [1.54, 1.807) is 24.3 Å². The highest BCUT2D eigenvalue weighted by atomic mass is 32.2. The van der Waals surface area contributed by atoms with E-state index in [-0.39, 0.29) is 21.4 Å². The summed E-state index contributed by atoms with van der Waals surface area (Å²) in [5.74, 6) is -0.282. The van der Waals surface area contributed by atoms with Gasteiger partial charge in [0.15, 0.2) is 0 Å². The minimum absolute atomic E-state index is 0.00964. The Bertz CT molecular complexity index is 1380. The van der Waals surface area contributed by atoms with Gasteiger partial charge >= 0.3 is 0 Å². The number of benzene rings is 3. The van der Waals surface area contributed by atoms with Gasteiger partial charge in [0.2, 0.25) is 0 Å². The first-order valence-corrected chi connectivity index (χ1v) is 11.6. The molecule has 3 aromatic rings. The van der Waals surface area contributed by atoms with Gasteiger partial charge in [-0.2, -0.15) is 0 Å². The number of hydroxylamine groups is 1. The average Bonchev–Trinajstić information content (AvgIpc) is 3.05. The summed E-state index contributed by atoms with van der Waals surface area (Å²) in [6, 6.07) is 13.1. The molecule has 1 amide bonds. The highest BCUT2D eigenvalue weighted by Crippen LogP contribution is 2.37. The predicted molar refractivity (Wildman–Crippen MR) is 111 cm³/mol. The first kappa shape index (κ1) is 20.3. The molecule has 0 radical (unpaired) electrons. The summed E-state index contributed by atoms with van der Waals surface area (Å²) in [4.78, 5) is 16.7. The Morgan fingerprint density at radius 2 is 1.67 bits per heavy atom. The van der Waals surface area contributed by atoms with Crippen molar-refractivity contribution in [3.63, 3.8) is 0 Å². The second-order valence-corrected chi connectivity index (χ2v) is 10.1. The fourth-order valence-corrected chi connectivity index (χ4v) is 5.49. The molecule has 1 heterocycles. The largest absolute Gasteiger partial charge is 0.321 e. The number of sulfonamides is 2. The molecule has 156 valence electrons. The Balaban J connectivity index is 1.70. The lowest BCUT2D eigenvalue weighted by molar-refractivity contribution is -0.0258. The van der Waals surface area contributed by atoms with E-state index in [9.17, 15) is 21.6 Å². The minimum atomic E-state index is -4.01. The van der Waals surface area contributed by atoms with Crippen LogP contribution in [0.2, 0.25) is 0 Å². The van der Waals surface area contributed by atoms with Gasteiger partial charge < -0.3 is 5.32 Å². The van der Waals surface area contributed by atoms with Crippen LogP contribution in [0.1, 0.15) is 10.4 Å². The van der Waals surface area contributed by atoms with Crippen LogP contribution in [0.25, 0.3) is 10.8 Å². The maximum Gasteiger partial charge on any atom is 0.264 e. The fraction of sp³-hybridized carbons (Fsp3) is 0.105. The van der Waals surface area contributed by atoms with Crippen LogP contribution in [0.4, 0.5) is 11.4 Å². The quantitative estimate of drug-likeness (QED) is 0.560. The zero-order valence-corrected chi connectivity index (χ0v) is 17.5. The summed E-state index contributed by atoms with van der Waals surface area (Å²) in [5, 5.41) is 3.67. The molecule has 0 atom stereocenters. The Hall–Kier alpha value is -2.99. The van der Waals surface area contributed by atoms with Gasteiger partial charge in [-0.15, -0.1) is 0 Å². The van der Waals surface area contributed by atoms with Crippen molar-refractivity contribution in [3.8, 4) is 0 Å². The lowest BCUT2D eigenvalue weighted by Gasteiger charge is -2.15. The standard InChI is InChI=1S/C19H17N3O6S2/c1-22(28-2)30(26,27)13-8-6-12(7-9-13)21-29(24,25)17-11-10-16-18-14(17)4-3-5-15(18)19(23)20-16/h3-11,21H,1-2H3,(H,20,23). The zero-order chi connectivity index (χ0) is 21.7. The van der Waals surface area contributed by atoms with Gasteiger partial charge in [0.25, 0.3) is 26.0 Å². The molecule has 30 heavy (non-hydrogen) atoms. The number of nitrogens with one attached hydrogen (secondary N) is 2. The second-order valence-electron chi connectivity index (χ2n) is 6.52. The molecule has 0 saturated heterocycles. The molecule has 1 aliphatic heterocycles. The Labute approximate surface area is 173 Å². The molecule has 1 aliphatic rings. The lowest BCUT2D eigenvalue weighted by atomic mass is 10.1. The number of rotatable bonds is 6. The predicted octanol–water partition coefficient (Wildman–Crippen LogP) is 2.39. The van der Waals surface area contributed by atoms with Gasteiger partial charge in [-0.25, -0.2) is 16.8 Å². The van der Waals surface area contributed by atoms with E-state index in [1.165, 1.54) is 44.5 Å².